The first-order valence-corrected chi connectivity index (χ1v) is 11.0. The summed E-state index contributed by atoms with van der Waals surface area (Å²) in [6.45, 7) is 6.46. The molecule has 6 nitrogen and oxygen atoms in total. The van der Waals surface area contributed by atoms with Crippen molar-refractivity contribution in [1.29, 1.82) is 0 Å². The topological polar surface area (TPSA) is 84.5 Å². The van der Waals surface area contributed by atoms with Crippen LogP contribution in [0.1, 0.15) is 55.5 Å². The van der Waals surface area contributed by atoms with Gasteiger partial charge in [-0.1, -0.05) is 57.2 Å². The number of carbonyl (C=O) groups is 3. The van der Waals surface area contributed by atoms with Crippen molar-refractivity contribution in [3.8, 4) is 0 Å². The van der Waals surface area contributed by atoms with Crippen molar-refractivity contribution in [2.24, 2.45) is 5.92 Å². The first-order valence-electron chi connectivity index (χ1n) is 11.0. The summed E-state index contributed by atoms with van der Waals surface area (Å²) in [6.07, 6.45) is 0.0625. The van der Waals surface area contributed by atoms with Crippen LogP contribution >= 0.6 is 0 Å². The first kappa shape index (κ1) is 24.6. The van der Waals surface area contributed by atoms with Crippen molar-refractivity contribution in [1.82, 2.24) is 10.6 Å². The molecule has 2 atom stereocenters. The highest BCUT2D eigenvalue weighted by atomic mass is 19.1. The third kappa shape index (κ3) is 6.26. The molecule has 0 aromatic heterocycles. The number of hydrogen-bond acceptors (Lipinski definition) is 4. The Bertz CT molecular complexity index is 1030. The van der Waals surface area contributed by atoms with Crippen molar-refractivity contribution < 1.29 is 23.5 Å². The van der Waals surface area contributed by atoms with E-state index in [1.54, 1.807) is 31.4 Å². The third-order valence-corrected chi connectivity index (χ3v) is 5.80. The zero-order valence-corrected chi connectivity index (χ0v) is 19.5. The van der Waals surface area contributed by atoms with E-state index >= 15 is 0 Å². The van der Waals surface area contributed by atoms with Gasteiger partial charge >= 0.3 is 0 Å². The number of hydrogen-bond donors (Lipinski definition) is 2. The van der Waals surface area contributed by atoms with Gasteiger partial charge in [0.05, 0.1) is 12.5 Å². The lowest BCUT2D eigenvalue weighted by Gasteiger charge is -2.22. The van der Waals surface area contributed by atoms with Crippen LogP contribution < -0.4 is 10.6 Å². The van der Waals surface area contributed by atoms with Gasteiger partial charge in [0.25, 0.3) is 0 Å². The second-order valence-corrected chi connectivity index (χ2v) is 9.53. The van der Waals surface area contributed by atoms with E-state index < -0.39 is 12.0 Å². The van der Waals surface area contributed by atoms with Gasteiger partial charge in [-0.05, 0) is 33.7 Å². The molecule has 2 aromatic carbocycles. The minimum Gasteiger partial charge on any atom is -0.380 e. The summed E-state index contributed by atoms with van der Waals surface area (Å²) >= 11 is 0. The minimum atomic E-state index is -0.907. The van der Waals surface area contributed by atoms with Gasteiger partial charge in [0.1, 0.15) is 11.9 Å². The van der Waals surface area contributed by atoms with E-state index in [0.29, 0.717) is 23.3 Å². The fourth-order valence-electron chi connectivity index (χ4n) is 3.95. The monoisotopic (exact) mass is 454 g/mol. The molecule has 0 unspecified atom stereocenters. The zero-order chi connectivity index (χ0) is 24.2. The lowest BCUT2D eigenvalue weighted by Crippen LogP contribution is -2.39. The van der Waals surface area contributed by atoms with Gasteiger partial charge in [-0.3, -0.25) is 14.4 Å². The second-order valence-electron chi connectivity index (χ2n) is 9.53. The third-order valence-electron chi connectivity index (χ3n) is 5.80. The molecular weight excluding hydrogens is 423 g/mol. The van der Waals surface area contributed by atoms with Crippen molar-refractivity contribution >= 4 is 17.6 Å². The summed E-state index contributed by atoms with van der Waals surface area (Å²) in [6, 6.07) is 11.2. The number of benzene rings is 2. The van der Waals surface area contributed by atoms with E-state index in [4.69, 9.17) is 4.74 Å². The van der Waals surface area contributed by atoms with Crippen LogP contribution in [-0.2, 0) is 37.6 Å². The van der Waals surface area contributed by atoms with E-state index in [2.05, 4.69) is 10.6 Å². The lowest BCUT2D eigenvalue weighted by molar-refractivity contribution is -0.130. The smallest absolute Gasteiger partial charge is 0.226 e. The number of carbonyl (C=O) groups excluding carboxylic acids is 3. The first-order chi connectivity index (χ1) is 15.6. The van der Waals surface area contributed by atoms with Crippen molar-refractivity contribution in [3.05, 3.63) is 70.5 Å². The van der Waals surface area contributed by atoms with Crippen LogP contribution in [-0.4, -0.2) is 31.3 Å². The summed E-state index contributed by atoms with van der Waals surface area (Å²) in [5.41, 5.74) is 2.33. The number of methoxy groups -OCH3 is 1. The summed E-state index contributed by atoms with van der Waals surface area (Å²) in [5, 5.41) is 5.45. The molecule has 0 saturated carbocycles. The molecule has 0 bridgehead atoms. The largest absolute Gasteiger partial charge is 0.380 e. The van der Waals surface area contributed by atoms with Gasteiger partial charge in [-0.2, -0.15) is 0 Å². The van der Waals surface area contributed by atoms with Gasteiger partial charge in [0, 0.05) is 26.5 Å². The lowest BCUT2D eigenvalue weighted by atomic mass is 9.85. The molecule has 176 valence electrons. The number of nitrogens with one attached hydrogen (secondary N) is 2. The fraction of sp³-hybridized carbons (Fsp3) is 0.423. The molecule has 7 heteroatoms. The fourth-order valence-corrected chi connectivity index (χ4v) is 3.95. The van der Waals surface area contributed by atoms with Crippen LogP contribution in [0.4, 0.5) is 4.39 Å². The molecule has 0 spiro atoms. The van der Waals surface area contributed by atoms with Crippen LogP contribution in [0.5, 0.6) is 0 Å². The van der Waals surface area contributed by atoms with Crippen molar-refractivity contribution in [2.75, 3.05) is 13.7 Å². The number of halogens is 1. The summed E-state index contributed by atoms with van der Waals surface area (Å²) < 4.78 is 19.8. The Morgan fingerprint density at radius 2 is 1.82 bits per heavy atom. The molecule has 1 heterocycles. The second kappa shape index (κ2) is 10.3. The molecule has 1 aliphatic rings. The minimum absolute atomic E-state index is 0.0338. The Hall–Kier alpha value is -3.06. The van der Waals surface area contributed by atoms with Crippen LogP contribution in [0.2, 0.25) is 0 Å². The Morgan fingerprint density at radius 1 is 1.15 bits per heavy atom. The highest BCUT2D eigenvalue weighted by Gasteiger charge is 2.31. The van der Waals surface area contributed by atoms with E-state index in [-0.39, 0.29) is 48.2 Å². The molecule has 0 aliphatic carbocycles. The van der Waals surface area contributed by atoms with Gasteiger partial charge in [0.15, 0.2) is 5.78 Å². The Kier molecular flexibility index (Phi) is 7.64. The summed E-state index contributed by atoms with van der Waals surface area (Å²) in [4.78, 5) is 37.6. The van der Waals surface area contributed by atoms with E-state index in [1.807, 2.05) is 32.9 Å². The van der Waals surface area contributed by atoms with Crippen LogP contribution in [0.15, 0.2) is 42.5 Å². The van der Waals surface area contributed by atoms with Crippen molar-refractivity contribution in [3.63, 3.8) is 0 Å². The quantitative estimate of drug-likeness (QED) is 0.641. The van der Waals surface area contributed by atoms with E-state index in [9.17, 15) is 18.8 Å². The molecule has 0 radical (unpaired) electrons. The Morgan fingerprint density at radius 3 is 2.36 bits per heavy atom. The predicted molar refractivity (Wildman–Crippen MR) is 123 cm³/mol. The molecule has 3 rings (SSSR count). The predicted octanol–water partition coefficient (Wildman–Crippen LogP) is 3.37. The van der Waals surface area contributed by atoms with Gasteiger partial charge in [-0.25, -0.2) is 4.39 Å². The van der Waals surface area contributed by atoms with Crippen LogP contribution in [0, 0.1) is 11.7 Å². The molecular formula is C26H31FN2O4. The average molecular weight is 455 g/mol. The SMILES string of the molecule is COCc1ccc([C@@H](NC(=O)[C@@H]2CNC(=O)C2)C(=O)Cc2ccc(C(C)(C)C)c(F)c2)cc1. The molecule has 1 saturated heterocycles. The molecule has 2 amide bonds. The normalized spacial score (nSPS) is 16.9. The van der Waals surface area contributed by atoms with Gasteiger partial charge in [-0.15, -0.1) is 0 Å². The van der Waals surface area contributed by atoms with Gasteiger partial charge < -0.3 is 15.4 Å². The number of Topliss-reactive ketones (excluding diaryl/α,β-unsaturated/α-hetero) is 1. The highest BCUT2D eigenvalue weighted by Crippen LogP contribution is 2.26. The highest BCUT2D eigenvalue weighted by molar-refractivity contribution is 5.94. The zero-order valence-electron chi connectivity index (χ0n) is 19.5. The summed E-state index contributed by atoms with van der Waals surface area (Å²) in [5.74, 6) is -1.68. The standard InChI is InChI=1S/C26H31FN2O4/c1-26(2,3)20-10-7-17(11-21(20)27)12-22(30)24(18-8-5-16(6-9-18)15-33-4)29-25(32)19-13-23(31)28-14-19/h5-11,19,24H,12-15H2,1-4H3,(H,28,31)(H,29,32)/t19-,24+/m0/s1. The van der Waals surface area contributed by atoms with Crippen LogP contribution in [0.25, 0.3) is 0 Å². The Labute approximate surface area is 193 Å². The summed E-state index contributed by atoms with van der Waals surface area (Å²) in [7, 11) is 1.60. The Balaban J connectivity index is 1.83. The maximum Gasteiger partial charge on any atom is 0.226 e. The maximum absolute atomic E-state index is 14.7. The number of ether oxygens (including phenoxy) is 1. The molecule has 33 heavy (non-hydrogen) atoms. The van der Waals surface area contributed by atoms with Gasteiger partial charge in [0.2, 0.25) is 11.8 Å². The number of ketones is 1. The number of rotatable bonds is 8. The number of amides is 2. The molecule has 2 N–H and O–H groups in total. The van der Waals surface area contributed by atoms with Crippen molar-refractivity contribution in [2.45, 2.75) is 51.7 Å². The molecule has 2 aromatic rings. The average Bonchev–Trinajstić information content (AvgIpc) is 3.18. The van der Waals surface area contributed by atoms with Crippen LogP contribution in [0.3, 0.4) is 0 Å². The van der Waals surface area contributed by atoms with E-state index in [1.165, 1.54) is 6.07 Å². The molecule has 1 aliphatic heterocycles. The van der Waals surface area contributed by atoms with E-state index in [0.717, 1.165) is 5.56 Å². The molecule has 1 fully saturated rings. The maximum atomic E-state index is 14.7.